The number of rotatable bonds is 3. The zero-order valence-electron chi connectivity index (χ0n) is 9.95. The second-order valence-electron chi connectivity index (χ2n) is 3.88. The molecule has 0 amide bonds. The van der Waals surface area contributed by atoms with Crippen molar-refractivity contribution in [1.29, 1.82) is 0 Å². The molecule has 0 fully saturated rings. The van der Waals surface area contributed by atoms with Crippen LogP contribution < -0.4 is 5.32 Å². The van der Waals surface area contributed by atoms with Gasteiger partial charge in [0.15, 0.2) is 23.3 Å². The first-order valence-electron chi connectivity index (χ1n) is 5.38. The van der Waals surface area contributed by atoms with Crippen LogP contribution in [0.15, 0.2) is 21.2 Å². The molecule has 0 spiro atoms. The Labute approximate surface area is 132 Å². The van der Waals surface area contributed by atoms with Crippen LogP contribution in [0.2, 0.25) is 0 Å². The molecule has 0 aliphatic rings. The molecular formula is C12H5Br2F5N2. The molecule has 0 bridgehead atoms. The Morgan fingerprint density at radius 3 is 1.95 bits per heavy atom. The van der Waals surface area contributed by atoms with Gasteiger partial charge in [-0.3, -0.25) is 4.98 Å². The fourth-order valence-electron chi connectivity index (χ4n) is 1.51. The van der Waals surface area contributed by atoms with Gasteiger partial charge in [-0.2, -0.15) is 0 Å². The molecule has 0 saturated heterocycles. The van der Waals surface area contributed by atoms with Crippen molar-refractivity contribution in [2.75, 3.05) is 5.32 Å². The van der Waals surface area contributed by atoms with Gasteiger partial charge in [0.2, 0.25) is 5.82 Å². The number of aromatic nitrogens is 1. The molecule has 0 unspecified atom stereocenters. The lowest BCUT2D eigenvalue weighted by Gasteiger charge is -2.11. The Balaban J connectivity index is 2.32. The summed E-state index contributed by atoms with van der Waals surface area (Å²) in [5.74, 6) is -10.0. The molecule has 21 heavy (non-hydrogen) atoms. The summed E-state index contributed by atoms with van der Waals surface area (Å²) in [7, 11) is 0. The van der Waals surface area contributed by atoms with Crippen LogP contribution in [0.3, 0.4) is 0 Å². The number of anilines is 1. The highest BCUT2D eigenvalue weighted by Crippen LogP contribution is 2.28. The van der Waals surface area contributed by atoms with Gasteiger partial charge in [-0.25, -0.2) is 22.0 Å². The van der Waals surface area contributed by atoms with Crippen LogP contribution in [0.4, 0.5) is 27.6 Å². The predicted octanol–water partition coefficient (Wildman–Crippen LogP) is 4.91. The zero-order valence-corrected chi connectivity index (χ0v) is 13.1. The second-order valence-corrected chi connectivity index (χ2v) is 5.65. The van der Waals surface area contributed by atoms with E-state index < -0.39 is 34.8 Å². The van der Waals surface area contributed by atoms with E-state index >= 15 is 0 Å². The van der Waals surface area contributed by atoms with E-state index in [0.29, 0.717) is 14.6 Å². The van der Waals surface area contributed by atoms with Crippen LogP contribution in [0.1, 0.15) is 5.69 Å². The Morgan fingerprint density at radius 1 is 0.905 bits per heavy atom. The second kappa shape index (κ2) is 6.27. The maximum atomic E-state index is 13.4. The SMILES string of the molecule is Fc1c(F)c(F)c(NCc2ncc(Br)cc2Br)c(F)c1F. The highest BCUT2D eigenvalue weighted by Gasteiger charge is 2.25. The lowest BCUT2D eigenvalue weighted by Crippen LogP contribution is -2.10. The number of halogens is 7. The molecule has 0 atom stereocenters. The topological polar surface area (TPSA) is 24.9 Å². The van der Waals surface area contributed by atoms with E-state index in [9.17, 15) is 22.0 Å². The third kappa shape index (κ3) is 3.18. The molecule has 0 radical (unpaired) electrons. The van der Waals surface area contributed by atoms with E-state index in [1.54, 1.807) is 6.07 Å². The lowest BCUT2D eigenvalue weighted by molar-refractivity contribution is 0.381. The highest BCUT2D eigenvalue weighted by molar-refractivity contribution is 9.11. The Kier molecular flexibility index (Phi) is 4.82. The molecule has 112 valence electrons. The standard InChI is InChI=1S/C12H5Br2F5N2/c13-4-1-5(14)6(20-2-4)3-21-12-10(18)8(16)7(15)9(17)11(12)19/h1-2,21H,3H2. The maximum Gasteiger partial charge on any atom is 0.200 e. The van der Waals surface area contributed by atoms with E-state index in [-0.39, 0.29) is 6.54 Å². The van der Waals surface area contributed by atoms with Gasteiger partial charge < -0.3 is 5.32 Å². The van der Waals surface area contributed by atoms with Crippen molar-refractivity contribution in [2.45, 2.75) is 6.54 Å². The van der Waals surface area contributed by atoms with Gasteiger partial charge in [0.1, 0.15) is 5.69 Å². The quantitative estimate of drug-likeness (QED) is 0.424. The summed E-state index contributed by atoms with van der Waals surface area (Å²) in [5.41, 5.74) is -0.759. The van der Waals surface area contributed by atoms with Gasteiger partial charge in [0.05, 0.1) is 12.2 Å². The molecule has 9 heteroatoms. The van der Waals surface area contributed by atoms with Crippen LogP contribution in [0, 0.1) is 29.1 Å². The third-order valence-electron chi connectivity index (χ3n) is 2.53. The van der Waals surface area contributed by atoms with E-state index in [4.69, 9.17) is 0 Å². The van der Waals surface area contributed by atoms with Crippen LogP contribution in [-0.4, -0.2) is 4.98 Å². The highest BCUT2D eigenvalue weighted by atomic mass is 79.9. The van der Waals surface area contributed by atoms with Gasteiger partial charge in [-0.05, 0) is 37.9 Å². The van der Waals surface area contributed by atoms with Gasteiger partial charge in [-0.15, -0.1) is 0 Å². The number of hydrogen-bond acceptors (Lipinski definition) is 2. The van der Waals surface area contributed by atoms with Crippen molar-refractivity contribution in [1.82, 2.24) is 4.98 Å². The Morgan fingerprint density at radius 2 is 1.43 bits per heavy atom. The van der Waals surface area contributed by atoms with Gasteiger partial charge in [0, 0.05) is 15.1 Å². The van der Waals surface area contributed by atoms with Crippen LogP contribution >= 0.6 is 31.9 Å². The largest absolute Gasteiger partial charge is 0.374 e. The molecule has 0 saturated carbocycles. The number of nitrogens with zero attached hydrogens (tertiary/aromatic N) is 1. The molecule has 1 N–H and O–H groups in total. The van der Waals surface area contributed by atoms with Crippen molar-refractivity contribution in [3.63, 3.8) is 0 Å². The fourth-order valence-corrected chi connectivity index (χ4v) is 2.63. The van der Waals surface area contributed by atoms with Crippen molar-refractivity contribution in [3.05, 3.63) is 56.0 Å². The first kappa shape index (κ1) is 16.2. The van der Waals surface area contributed by atoms with Gasteiger partial charge in [0.25, 0.3) is 0 Å². The van der Waals surface area contributed by atoms with Crippen LogP contribution in [-0.2, 0) is 6.54 Å². The minimum Gasteiger partial charge on any atom is -0.374 e. The molecular weight excluding hydrogens is 427 g/mol. The Bertz CT molecular complexity index is 680. The summed E-state index contributed by atoms with van der Waals surface area (Å²) < 4.78 is 67.0. The van der Waals surface area contributed by atoms with Crippen molar-refractivity contribution in [2.24, 2.45) is 0 Å². The molecule has 0 aliphatic heterocycles. The average molecular weight is 432 g/mol. The van der Waals surface area contributed by atoms with Gasteiger partial charge >= 0.3 is 0 Å². The Hall–Kier alpha value is -1.22. The predicted molar refractivity (Wildman–Crippen MR) is 73.2 cm³/mol. The number of benzene rings is 1. The molecule has 0 aliphatic carbocycles. The van der Waals surface area contributed by atoms with Crippen molar-refractivity contribution < 1.29 is 22.0 Å². The summed E-state index contributed by atoms with van der Waals surface area (Å²) >= 11 is 6.34. The molecule has 2 rings (SSSR count). The van der Waals surface area contributed by atoms with Crippen LogP contribution in [0.5, 0.6) is 0 Å². The van der Waals surface area contributed by atoms with E-state index in [1.165, 1.54) is 6.20 Å². The third-order valence-corrected chi connectivity index (χ3v) is 3.65. The normalized spacial score (nSPS) is 10.8. The fraction of sp³-hybridized carbons (Fsp3) is 0.0833. The minimum absolute atomic E-state index is 0.230. The molecule has 2 aromatic rings. The summed E-state index contributed by atoms with van der Waals surface area (Å²) in [6.07, 6.45) is 1.43. The first-order chi connectivity index (χ1) is 9.82. The first-order valence-corrected chi connectivity index (χ1v) is 6.96. The number of nitrogens with one attached hydrogen (secondary N) is 1. The maximum absolute atomic E-state index is 13.4. The van der Waals surface area contributed by atoms with E-state index in [0.717, 1.165) is 0 Å². The van der Waals surface area contributed by atoms with E-state index in [1.807, 2.05) is 0 Å². The smallest absolute Gasteiger partial charge is 0.200 e. The summed E-state index contributed by atoms with van der Waals surface area (Å²) in [4.78, 5) is 3.95. The summed E-state index contributed by atoms with van der Waals surface area (Å²) in [5, 5.41) is 2.16. The lowest BCUT2D eigenvalue weighted by atomic mass is 10.2. The average Bonchev–Trinajstić information content (AvgIpc) is 2.45. The summed E-state index contributed by atoms with van der Waals surface area (Å²) in [6.45, 7) is -0.230. The number of pyridine rings is 1. The van der Waals surface area contributed by atoms with Crippen molar-refractivity contribution in [3.8, 4) is 0 Å². The molecule has 1 heterocycles. The van der Waals surface area contributed by atoms with E-state index in [2.05, 4.69) is 42.2 Å². The zero-order chi connectivity index (χ0) is 15.7. The molecule has 1 aromatic carbocycles. The monoisotopic (exact) mass is 430 g/mol. The molecule has 1 aromatic heterocycles. The minimum atomic E-state index is -2.20. The van der Waals surface area contributed by atoms with Crippen LogP contribution in [0.25, 0.3) is 0 Å². The molecule has 2 nitrogen and oxygen atoms in total. The number of hydrogen-bond donors (Lipinski definition) is 1. The van der Waals surface area contributed by atoms with Crippen molar-refractivity contribution >= 4 is 37.5 Å². The summed E-state index contributed by atoms with van der Waals surface area (Å²) in [6, 6.07) is 1.63. The van der Waals surface area contributed by atoms with Gasteiger partial charge in [-0.1, -0.05) is 0 Å².